The molecule has 1 aliphatic heterocycles. The Morgan fingerprint density at radius 1 is 1.06 bits per heavy atom. The lowest BCUT2D eigenvalue weighted by atomic mass is 9.94. The summed E-state index contributed by atoms with van der Waals surface area (Å²) >= 11 is 1.46. The molecule has 2 aromatic carbocycles. The van der Waals surface area contributed by atoms with Crippen LogP contribution in [-0.4, -0.2) is 35.2 Å². The van der Waals surface area contributed by atoms with Gasteiger partial charge < -0.3 is 9.47 Å². The van der Waals surface area contributed by atoms with Gasteiger partial charge >= 0.3 is 0 Å². The lowest BCUT2D eigenvalue weighted by Crippen LogP contribution is -2.40. The molecule has 1 heterocycles. The third-order valence-corrected chi connectivity index (χ3v) is 6.87. The summed E-state index contributed by atoms with van der Waals surface area (Å²) in [6.07, 6.45) is 7.60. The average Bonchev–Trinajstić information content (AvgIpc) is 3.11. The van der Waals surface area contributed by atoms with Gasteiger partial charge in [0.15, 0.2) is 16.7 Å². The van der Waals surface area contributed by atoms with E-state index < -0.39 is 0 Å². The van der Waals surface area contributed by atoms with Gasteiger partial charge in [-0.15, -0.1) is 0 Å². The van der Waals surface area contributed by atoms with Crippen molar-refractivity contribution in [2.45, 2.75) is 65.0 Å². The van der Waals surface area contributed by atoms with E-state index in [1.807, 2.05) is 55.2 Å². The molecule has 0 atom stereocenters. The van der Waals surface area contributed by atoms with Gasteiger partial charge in [-0.3, -0.25) is 9.69 Å². The van der Waals surface area contributed by atoms with Crippen LogP contribution in [0.15, 0.2) is 52.4 Å². The Balaban J connectivity index is 1.66. The number of ether oxygens (including phenoxy) is 2. The molecule has 1 saturated carbocycles. The topological polar surface area (TPSA) is 51.1 Å². The Labute approximate surface area is 200 Å². The monoisotopic (exact) mass is 464 g/mol. The number of nitrogens with zero attached hydrogens (tertiary/aromatic N) is 2. The maximum Gasteiger partial charge on any atom is 0.267 e. The third-order valence-electron chi connectivity index (χ3n) is 5.88. The fourth-order valence-corrected chi connectivity index (χ4v) is 5.29. The molecule has 0 radical (unpaired) electrons. The van der Waals surface area contributed by atoms with Crippen LogP contribution >= 0.6 is 11.8 Å². The second-order valence-electron chi connectivity index (χ2n) is 8.88. The van der Waals surface area contributed by atoms with Crippen molar-refractivity contribution in [3.05, 3.63) is 58.5 Å². The first-order valence-electron chi connectivity index (χ1n) is 11.7. The number of aliphatic imine (C=N–C) groups is 1. The molecule has 0 N–H and O–H groups in total. The molecule has 4 rings (SSSR count). The van der Waals surface area contributed by atoms with Gasteiger partial charge in [0.1, 0.15) is 0 Å². The molecule has 2 aliphatic rings. The van der Waals surface area contributed by atoms with E-state index in [-0.39, 0.29) is 18.1 Å². The van der Waals surface area contributed by atoms with E-state index in [1.54, 1.807) is 7.11 Å². The van der Waals surface area contributed by atoms with Gasteiger partial charge in [-0.25, -0.2) is 4.99 Å². The molecule has 0 aromatic heterocycles. The first kappa shape index (κ1) is 23.4. The lowest BCUT2D eigenvalue weighted by Gasteiger charge is -2.30. The fraction of sp³-hybridized carbons (Fsp3) is 0.407. The average molecular weight is 465 g/mol. The van der Waals surface area contributed by atoms with Crippen molar-refractivity contribution in [2.75, 3.05) is 7.11 Å². The van der Waals surface area contributed by atoms with Gasteiger partial charge in [-0.05, 0) is 81.3 Å². The molecule has 6 heteroatoms. The normalized spacial score (nSPS) is 19.7. The summed E-state index contributed by atoms with van der Waals surface area (Å²) in [7, 11) is 1.63. The first-order chi connectivity index (χ1) is 15.9. The number of aryl methyl sites for hydroxylation is 1. The van der Waals surface area contributed by atoms with Crippen LogP contribution < -0.4 is 9.47 Å². The minimum absolute atomic E-state index is 0.0410. The van der Waals surface area contributed by atoms with Crippen molar-refractivity contribution in [3.8, 4) is 11.5 Å². The van der Waals surface area contributed by atoms with E-state index in [2.05, 4.69) is 19.1 Å². The number of hydrogen-bond donors (Lipinski definition) is 0. The van der Waals surface area contributed by atoms with Gasteiger partial charge in [-0.2, -0.15) is 0 Å². The minimum Gasteiger partial charge on any atom is -0.493 e. The Kier molecular flexibility index (Phi) is 7.43. The summed E-state index contributed by atoms with van der Waals surface area (Å²) in [6.45, 7) is 6.03. The smallest absolute Gasteiger partial charge is 0.267 e. The van der Waals surface area contributed by atoms with Gasteiger partial charge in [-0.1, -0.05) is 43.0 Å². The van der Waals surface area contributed by atoms with E-state index in [9.17, 15) is 4.79 Å². The molecular weight excluding hydrogens is 432 g/mol. The largest absolute Gasteiger partial charge is 0.493 e. The maximum absolute atomic E-state index is 13.5. The summed E-state index contributed by atoms with van der Waals surface area (Å²) in [5.41, 5.74) is 2.96. The highest BCUT2D eigenvalue weighted by Gasteiger charge is 2.38. The summed E-state index contributed by atoms with van der Waals surface area (Å²) in [5.74, 6) is 1.40. The highest BCUT2D eigenvalue weighted by molar-refractivity contribution is 8.18. The van der Waals surface area contributed by atoms with E-state index in [1.165, 1.54) is 23.7 Å². The van der Waals surface area contributed by atoms with Crippen molar-refractivity contribution in [1.29, 1.82) is 0 Å². The molecule has 0 bridgehead atoms. The molecule has 1 aliphatic carbocycles. The standard InChI is InChI=1S/C27H32N2O3S/c1-18(2)32-23-15-12-20(16-24(23)31-4)17-25-26(30)29(22-8-6-5-7-9-22)27(33-25)28-21-13-10-19(3)11-14-21/h10-18,22H,5-9H2,1-4H3/b25-17+,28-27?. The van der Waals surface area contributed by atoms with Crippen molar-refractivity contribution < 1.29 is 14.3 Å². The summed E-state index contributed by atoms with van der Waals surface area (Å²) in [5, 5.41) is 0.772. The van der Waals surface area contributed by atoms with E-state index in [4.69, 9.17) is 14.5 Å². The molecule has 174 valence electrons. The molecule has 0 spiro atoms. The number of amidine groups is 1. The Morgan fingerprint density at radius 3 is 2.45 bits per heavy atom. The van der Waals surface area contributed by atoms with E-state index in [0.29, 0.717) is 16.4 Å². The highest BCUT2D eigenvalue weighted by atomic mass is 32.2. The first-order valence-corrected chi connectivity index (χ1v) is 12.5. The third kappa shape index (κ3) is 5.61. The van der Waals surface area contributed by atoms with Crippen molar-refractivity contribution in [2.24, 2.45) is 4.99 Å². The molecule has 1 amide bonds. The SMILES string of the molecule is COc1cc(/C=C2/SC(=Nc3ccc(C)cc3)N(C3CCCCC3)C2=O)ccc1OC(C)C. The minimum atomic E-state index is 0.0410. The quantitative estimate of drug-likeness (QED) is 0.445. The van der Waals surface area contributed by atoms with E-state index in [0.717, 1.165) is 42.1 Å². The molecule has 0 unspecified atom stereocenters. The molecule has 2 fully saturated rings. The Morgan fingerprint density at radius 2 is 1.79 bits per heavy atom. The zero-order valence-electron chi connectivity index (χ0n) is 19.8. The number of amides is 1. The van der Waals surface area contributed by atoms with Crippen molar-refractivity contribution in [3.63, 3.8) is 0 Å². The van der Waals surface area contributed by atoms with Crippen LogP contribution in [0.3, 0.4) is 0 Å². The van der Waals surface area contributed by atoms with E-state index >= 15 is 0 Å². The van der Waals surface area contributed by atoms with Crippen LogP contribution in [0, 0.1) is 6.92 Å². The Hall–Kier alpha value is -2.73. The number of rotatable bonds is 6. The number of hydrogen-bond acceptors (Lipinski definition) is 5. The summed E-state index contributed by atoms with van der Waals surface area (Å²) in [4.78, 5) is 21.0. The number of benzene rings is 2. The van der Waals surface area contributed by atoms with Crippen molar-refractivity contribution in [1.82, 2.24) is 4.90 Å². The molecule has 33 heavy (non-hydrogen) atoms. The Bertz CT molecular complexity index is 1050. The van der Waals surface area contributed by atoms with Crippen LogP contribution in [0.1, 0.15) is 57.1 Å². The number of carbonyl (C=O) groups is 1. The van der Waals surface area contributed by atoms with Gasteiger partial charge in [0.25, 0.3) is 5.91 Å². The molecular formula is C27H32N2O3S. The zero-order chi connectivity index (χ0) is 23.4. The highest BCUT2D eigenvalue weighted by Crippen LogP contribution is 2.39. The number of carbonyl (C=O) groups excluding carboxylic acids is 1. The maximum atomic E-state index is 13.5. The van der Waals surface area contributed by atoms with Crippen LogP contribution in [0.4, 0.5) is 5.69 Å². The molecule has 5 nitrogen and oxygen atoms in total. The second kappa shape index (κ2) is 10.5. The zero-order valence-corrected chi connectivity index (χ0v) is 20.7. The predicted molar refractivity (Wildman–Crippen MR) is 136 cm³/mol. The summed E-state index contributed by atoms with van der Waals surface area (Å²) in [6, 6.07) is 14.1. The fourth-order valence-electron chi connectivity index (χ4n) is 4.23. The van der Waals surface area contributed by atoms with Crippen LogP contribution in [-0.2, 0) is 4.79 Å². The van der Waals surface area contributed by atoms with Gasteiger partial charge in [0.2, 0.25) is 0 Å². The predicted octanol–water partition coefficient (Wildman–Crippen LogP) is 6.73. The van der Waals surface area contributed by atoms with Gasteiger partial charge in [0.05, 0.1) is 23.8 Å². The summed E-state index contributed by atoms with van der Waals surface area (Å²) < 4.78 is 11.3. The number of thioether (sulfide) groups is 1. The second-order valence-corrected chi connectivity index (χ2v) is 9.89. The lowest BCUT2D eigenvalue weighted by molar-refractivity contribution is -0.124. The molecule has 1 saturated heterocycles. The van der Waals surface area contributed by atoms with Gasteiger partial charge in [0, 0.05) is 6.04 Å². The van der Waals surface area contributed by atoms with Crippen molar-refractivity contribution >= 4 is 34.6 Å². The van der Waals surface area contributed by atoms with Crippen LogP contribution in [0.5, 0.6) is 11.5 Å². The van der Waals surface area contributed by atoms with Crippen LogP contribution in [0.2, 0.25) is 0 Å². The number of methoxy groups -OCH3 is 1. The van der Waals surface area contributed by atoms with Crippen LogP contribution in [0.25, 0.3) is 6.08 Å². The molecule has 2 aromatic rings.